The van der Waals surface area contributed by atoms with Gasteiger partial charge in [0.15, 0.2) is 0 Å². The Hall–Kier alpha value is -0.0400. The van der Waals surface area contributed by atoms with Crippen LogP contribution in [0.15, 0.2) is 0 Å². The molecule has 0 saturated heterocycles. The molecule has 0 amide bonds. The largest absolute Gasteiger partial charge is 0.316 e. The molecule has 0 heterocycles. The van der Waals surface area contributed by atoms with Crippen LogP contribution in [-0.4, -0.2) is 13.1 Å². The third kappa shape index (κ3) is 13.9. The van der Waals surface area contributed by atoms with Gasteiger partial charge in [0.05, 0.1) is 0 Å². The van der Waals surface area contributed by atoms with Gasteiger partial charge in [0.25, 0.3) is 0 Å². The third-order valence-electron chi connectivity index (χ3n) is 3.65. The van der Waals surface area contributed by atoms with Crippen molar-refractivity contribution in [1.82, 2.24) is 5.32 Å². The lowest BCUT2D eigenvalue weighted by molar-refractivity contribution is 0.484. The second-order valence-corrected chi connectivity index (χ2v) is 5.55. The zero-order valence-electron chi connectivity index (χ0n) is 12.6. The smallest absolute Gasteiger partial charge is 0.00233 e. The molecule has 104 valence electrons. The van der Waals surface area contributed by atoms with Crippen LogP contribution in [0, 0.1) is 5.92 Å². The van der Waals surface area contributed by atoms with Crippen molar-refractivity contribution < 1.29 is 0 Å². The lowest BCUT2D eigenvalue weighted by Gasteiger charge is -2.09. The van der Waals surface area contributed by atoms with Crippen molar-refractivity contribution in [1.29, 1.82) is 0 Å². The van der Waals surface area contributed by atoms with Gasteiger partial charge in [-0.1, -0.05) is 78.6 Å². The number of nitrogens with one attached hydrogen (secondary N) is 1. The molecular formula is C16H35N. The van der Waals surface area contributed by atoms with Crippen LogP contribution < -0.4 is 5.32 Å². The summed E-state index contributed by atoms with van der Waals surface area (Å²) >= 11 is 0. The Morgan fingerprint density at radius 2 is 1.29 bits per heavy atom. The lowest BCUT2D eigenvalue weighted by atomic mass is 10.1. The Morgan fingerprint density at radius 3 is 1.82 bits per heavy atom. The van der Waals surface area contributed by atoms with Gasteiger partial charge in [-0.3, -0.25) is 0 Å². The molecule has 1 heteroatoms. The first-order chi connectivity index (χ1) is 8.31. The Kier molecular flexibility index (Phi) is 14.0. The average Bonchev–Trinajstić information content (AvgIpc) is 2.35. The molecule has 1 N–H and O–H groups in total. The van der Waals surface area contributed by atoms with Gasteiger partial charge >= 0.3 is 0 Å². The SMILES string of the molecule is CCCCCCCCCCCNCC(C)CC. The maximum absolute atomic E-state index is 3.55. The van der Waals surface area contributed by atoms with Crippen LogP contribution in [0.5, 0.6) is 0 Å². The quantitative estimate of drug-likeness (QED) is 0.440. The first kappa shape index (κ1) is 17.0. The fraction of sp³-hybridized carbons (Fsp3) is 1.00. The molecule has 0 bridgehead atoms. The Labute approximate surface area is 110 Å². The third-order valence-corrected chi connectivity index (χ3v) is 3.65. The van der Waals surface area contributed by atoms with E-state index in [0.717, 1.165) is 5.92 Å². The summed E-state index contributed by atoms with van der Waals surface area (Å²) in [5, 5.41) is 3.55. The summed E-state index contributed by atoms with van der Waals surface area (Å²) < 4.78 is 0. The van der Waals surface area contributed by atoms with Gasteiger partial charge in [-0.25, -0.2) is 0 Å². The van der Waals surface area contributed by atoms with Crippen LogP contribution in [0.2, 0.25) is 0 Å². The zero-order chi connectivity index (χ0) is 12.8. The standard InChI is InChI=1S/C16H35N/c1-4-6-7-8-9-10-11-12-13-14-17-15-16(3)5-2/h16-17H,4-15H2,1-3H3. The Balaban J connectivity index is 2.94. The second-order valence-electron chi connectivity index (χ2n) is 5.55. The molecule has 1 nitrogen and oxygen atoms in total. The topological polar surface area (TPSA) is 12.0 Å². The molecule has 0 aromatic heterocycles. The highest BCUT2D eigenvalue weighted by Crippen LogP contribution is 2.09. The van der Waals surface area contributed by atoms with Crippen LogP contribution in [0.25, 0.3) is 0 Å². The molecule has 0 aromatic rings. The van der Waals surface area contributed by atoms with Gasteiger partial charge in [0.2, 0.25) is 0 Å². The van der Waals surface area contributed by atoms with E-state index in [1.807, 2.05) is 0 Å². The summed E-state index contributed by atoms with van der Waals surface area (Å²) in [6.45, 7) is 9.30. The van der Waals surface area contributed by atoms with Crippen LogP contribution in [0.1, 0.15) is 85.0 Å². The number of unbranched alkanes of at least 4 members (excludes halogenated alkanes) is 8. The average molecular weight is 241 g/mol. The Bertz CT molecular complexity index is 133. The van der Waals surface area contributed by atoms with Gasteiger partial charge < -0.3 is 5.32 Å². The summed E-state index contributed by atoms with van der Waals surface area (Å²) in [6, 6.07) is 0. The van der Waals surface area contributed by atoms with E-state index in [-0.39, 0.29) is 0 Å². The number of hydrogen-bond acceptors (Lipinski definition) is 1. The molecule has 17 heavy (non-hydrogen) atoms. The fourth-order valence-corrected chi connectivity index (χ4v) is 2.05. The van der Waals surface area contributed by atoms with Crippen molar-refractivity contribution >= 4 is 0 Å². The van der Waals surface area contributed by atoms with E-state index in [1.54, 1.807) is 0 Å². The maximum atomic E-state index is 3.55. The van der Waals surface area contributed by atoms with Crippen molar-refractivity contribution in [3.8, 4) is 0 Å². The molecule has 0 radical (unpaired) electrons. The lowest BCUT2D eigenvalue weighted by Crippen LogP contribution is -2.21. The molecule has 0 rings (SSSR count). The van der Waals surface area contributed by atoms with Crippen molar-refractivity contribution in [3.05, 3.63) is 0 Å². The summed E-state index contributed by atoms with van der Waals surface area (Å²) in [7, 11) is 0. The van der Waals surface area contributed by atoms with Gasteiger partial charge in [0, 0.05) is 0 Å². The van der Waals surface area contributed by atoms with Crippen LogP contribution in [-0.2, 0) is 0 Å². The van der Waals surface area contributed by atoms with Crippen molar-refractivity contribution in [2.75, 3.05) is 13.1 Å². The molecule has 1 atom stereocenters. The number of hydrogen-bond donors (Lipinski definition) is 1. The molecule has 1 unspecified atom stereocenters. The predicted molar refractivity (Wildman–Crippen MR) is 79.6 cm³/mol. The molecular weight excluding hydrogens is 206 g/mol. The highest BCUT2D eigenvalue weighted by atomic mass is 14.8. The van der Waals surface area contributed by atoms with Gasteiger partial charge in [-0.15, -0.1) is 0 Å². The van der Waals surface area contributed by atoms with Crippen molar-refractivity contribution in [2.24, 2.45) is 5.92 Å². The van der Waals surface area contributed by atoms with Gasteiger partial charge in [-0.2, -0.15) is 0 Å². The fourth-order valence-electron chi connectivity index (χ4n) is 2.05. The predicted octanol–water partition coefficient (Wildman–Crippen LogP) is 5.15. The van der Waals surface area contributed by atoms with Crippen LogP contribution in [0.4, 0.5) is 0 Å². The summed E-state index contributed by atoms with van der Waals surface area (Å²) in [5.41, 5.74) is 0. The summed E-state index contributed by atoms with van der Waals surface area (Å²) in [5.74, 6) is 0.841. The molecule has 0 saturated carbocycles. The second kappa shape index (κ2) is 14.0. The van der Waals surface area contributed by atoms with E-state index in [4.69, 9.17) is 0 Å². The van der Waals surface area contributed by atoms with Crippen molar-refractivity contribution in [3.63, 3.8) is 0 Å². The van der Waals surface area contributed by atoms with E-state index in [0.29, 0.717) is 0 Å². The van der Waals surface area contributed by atoms with E-state index < -0.39 is 0 Å². The molecule has 0 aromatic carbocycles. The van der Waals surface area contributed by atoms with E-state index >= 15 is 0 Å². The van der Waals surface area contributed by atoms with E-state index in [2.05, 4.69) is 26.1 Å². The minimum absolute atomic E-state index is 0.841. The van der Waals surface area contributed by atoms with Crippen LogP contribution >= 0.6 is 0 Å². The minimum Gasteiger partial charge on any atom is -0.316 e. The monoisotopic (exact) mass is 241 g/mol. The summed E-state index contributed by atoms with van der Waals surface area (Å²) in [6.07, 6.45) is 14.1. The van der Waals surface area contributed by atoms with Crippen LogP contribution in [0.3, 0.4) is 0 Å². The minimum atomic E-state index is 0.841. The van der Waals surface area contributed by atoms with Crippen molar-refractivity contribution in [2.45, 2.75) is 85.0 Å². The van der Waals surface area contributed by atoms with Gasteiger partial charge in [-0.05, 0) is 25.4 Å². The van der Waals surface area contributed by atoms with Gasteiger partial charge in [0.1, 0.15) is 0 Å². The normalized spacial score (nSPS) is 12.9. The molecule has 0 aliphatic heterocycles. The number of rotatable bonds is 13. The molecule has 0 fully saturated rings. The van der Waals surface area contributed by atoms with E-state index in [1.165, 1.54) is 77.3 Å². The first-order valence-corrected chi connectivity index (χ1v) is 8.02. The Morgan fingerprint density at radius 1 is 0.765 bits per heavy atom. The van der Waals surface area contributed by atoms with E-state index in [9.17, 15) is 0 Å². The first-order valence-electron chi connectivity index (χ1n) is 8.02. The summed E-state index contributed by atoms with van der Waals surface area (Å²) in [4.78, 5) is 0. The zero-order valence-corrected chi connectivity index (χ0v) is 12.6. The maximum Gasteiger partial charge on any atom is -0.00233 e. The highest BCUT2D eigenvalue weighted by Gasteiger charge is 1.96. The molecule has 0 aliphatic carbocycles. The molecule has 0 spiro atoms. The molecule has 0 aliphatic rings. The highest BCUT2D eigenvalue weighted by molar-refractivity contribution is 4.55.